The van der Waals surface area contributed by atoms with Gasteiger partial charge in [0.25, 0.3) is 5.56 Å². The number of amidine groups is 1. The van der Waals surface area contributed by atoms with Gasteiger partial charge in [0.1, 0.15) is 11.6 Å². The van der Waals surface area contributed by atoms with Crippen LogP contribution in [0.3, 0.4) is 0 Å². The van der Waals surface area contributed by atoms with Gasteiger partial charge in [0.05, 0.1) is 17.9 Å². The summed E-state index contributed by atoms with van der Waals surface area (Å²) in [6.07, 6.45) is -5.51. The molecule has 10 heteroatoms. The van der Waals surface area contributed by atoms with Gasteiger partial charge in [0, 0.05) is 23.6 Å². The summed E-state index contributed by atoms with van der Waals surface area (Å²) in [7, 11) is 0. The van der Waals surface area contributed by atoms with Crippen LogP contribution in [0.25, 0.3) is 22.4 Å². The summed E-state index contributed by atoms with van der Waals surface area (Å²) < 4.78 is 56.7. The van der Waals surface area contributed by atoms with E-state index in [0.29, 0.717) is 11.1 Å². The molecule has 0 aliphatic rings. The van der Waals surface area contributed by atoms with E-state index in [0.717, 1.165) is 11.6 Å². The molecule has 0 amide bonds. The lowest BCUT2D eigenvalue weighted by atomic mass is 9.97. The van der Waals surface area contributed by atoms with E-state index in [9.17, 15) is 22.4 Å². The minimum Gasteiger partial charge on any atom is -0.493 e. The van der Waals surface area contributed by atoms with Gasteiger partial charge in [-0.25, -0.2) is 4.39 Å². The van der Waals surface area contributed by atoms with Crippen LogP contribution in [0.1, 0.15) is 24.0 Å². The number of nitrogens with two attached hydrogens (primary N) is 2. The topological polar surface area (TPSA) is 106 Å². The minimum absolute atomic E-state index is 0.0510. The fourth-order valence-electron chi connectivity index (χ4n) is 3.25. The first-order valence-electron chi connectivity index (χ1n) is 9.96. The Labute approximate surface area is 186 Å². The normalized spacial score (nSPS) is 12.1. The van der Waals surface area contributed by atoms with Crippen molar-refractivity contribution in [3.63, 3.8) is 0 Å². The molecule has 0 aliphatic carbocycles. The maximum absolute atomic E-state index is 14.8. The zero-order valence-electron chi connectivity index (χ0n) is 17.7. The molecule has 0 saturated carbocycles. The van der Waals surface area contributed by atoms with Gasteiger partial charge in [-0.15, -0.1) is 0 Å². The maximum Gasteiger partial charge on any atom is 0.389 e. The lowest BCUT2D eigenvalue weighted by Gasteiger charge is -2.13. The Morgan fingerprint density at radius 1 is 1.09 bits per heavy atom. The molecule has 1 aromatic heterocycles. The van der Waals surface area contributed by atoms with E-state index in [1.165, 1.54) is 12.1 Å². The number of rotatable bonds is 7. The highest BCUT2D eigenvalue weighted by Gasteiger charge is 2.26. The fraction of sp³-hybridized carbons (Fsp3) is 0.217. The lowest BCUT2D eigenvalue weighted by molar-refractivity contribution is -0.136. The second-order valence-electron chi connectivity index (χ2n) is 7.39. The Kier molecular flexibility index (Phi) is 7.05. The van der Waals surface area contributed by atoms with Gasteiger partial charge in [-0.1, -0.05) is 29.8 Å². The lowest BCUT2D eigenvalue weighted by Crippen LogP contribution is -2.27. The monoisotopic (exact) mass is 462 g/mol. The van der Waals surface area contributed by atoms with E-state index in [4.69, 9.17) is 16.3 Å². The first-order chi connectivity index (χ1) is 15.6. The van der Waals surface area contributed by atoms with Crippen molar-refractivity contribution >= 4 is 5.84 Å². The summed E-state index contributed by atoms with van der Waals surface area (Å²) in [5.41, 5.74) is 7.58. The van der Waals surface area contributed by atoms with Crippen molar-refractivity contribution in [1.82, 2.24) is 4.98 Å². The molecule has 1 heterocycles. The third kappa shape index (κ3) is 5.91. The Hall–Kier alpha value is -3.82. The number of aryl methyl sites for hydroxylation is 1. The van der Waals surface area contributed by atoms with E-state index < -0.39 is 24.0 Å². The van der Waals surface area contributed by atoms with E-state index in [1.807, 2.05) is 19.1 Å². The van der Waals surface area contributed by atoms with Gasteiger partial charge in [-0.3, -0.25) is 4.79 Å². The molecule has 174 valence electrons. The number of pyridine rings is 1. The maximum atomic E-state index is 14.8. The number of hydrogen-bond donors (Lipinski definition) is 3. The Morgan fingerprint density at radius 3 is 2.39 bits per heavy atom. The van der Waals surface area contributed by atoms with Crippen LogP contribution in [-0.4, -0.2) is 23.6 Å². The number of ether oxygens (including phenoxy) is 1. The number of aromatic amines is 1. The molecule has 0 aliphatic heterocycles. The van der Waals surface area contributed by atoms with Crippen molar-refractivity contribution in [3.8, 4) is 28.1 Å². The summed E-state index contributed by atoms with van der Waals surface area (Å²) in [6, 6.07) is 12.7. The molecular weight excluding hydrogens is 440 g/mol. The number of nitrogens with zero attached hydrogens (tertiary/aromatic N) is 1. The van der Waals surface area contributed by atoms with Crippen LogP contribution in [0.5, 0.6) is 5.75 Å². The predicted molar refractivity (Wildman–Crippen MR) is 118 cm³/mol. The molecule has 0 fully saturated rings. The van der Waals surface area contributed by atoms with Crippen molar-refractivity contribution in [2.75, 3.05) is 6.61 Å². The van der Waals surface area contributed by atoms with Crippen LogP contribution in [0.4, 0.5) is 17.6 Å². The van der Waals surface area contributed by atoms with Crippen molar-refractivity contribution in [2.24, 2.45) is 16.7 Å². The Balaban J connectivity index is 1.96. The van der Waals surface area contributed by atoms with Crippen molar-refractivity contribution in [1.29, 1.82) is 0 Å². The van der Waals surface area contributed by atoms with Crippen LogP contribution < -0.4 is 21.9 Å². The summed E-state index contributed by atoms with van der Waals surface area (Å²) in [5, 5.41) is 3.42. The van der Waals surface area contributed by atoms with Crippen molar-refractivity contribution in [2.45, 2.75) is 25.9 Å². The van der Waals surface area contributed by atoms with Crippen LogP contribution >= 0.6 is 0 Å². The van der Waals surface area contributed by atoms with E-state index in [-0.39, 0.29) is 41.4 Å². The molecule has 0 spiro atoms. The van der Waals surface area contributed by atoms with Crippen LogP contribution in [-0.2, 0) is 0 Å². The molecule has 33 heavy (non-hydrogen) atoms. The van der Waals surface area contributed by atoms with Crippen LogP contribution in [0, 0.1) is 12.7 Å². The van der Waals surface area contributed by atoms with Gasteiger partial charge in [-0.05, 0) is 37.1 Å². The number of halogens is 4. The average molecular weight is 462 g/mol. The molecule has 0 unspecified atom stereocenters. The van der Waals surface area contributed by atoms with Gasteiger partial charge < -0.3 is 21.3 Å². The third-order valence-corrected chi connectivity index (χ3v) is 4.90. The molecule has 6 nitrogen and oxygen atoms in total. The van der Waals surface area contributed by atoms with E-state index in [2.05, 4.69) is 10.1 Å². The average Bonchev–Trinajstić information content (AvgIpc) is 2.75. The molecule has 3 rings (SSSR count). The number of aromatic nitrogens is 1. The van der Waals surface area contributed by atoms with Gasteiger partial charge >= 0.3 is 6.18 Å². The number of hydrazone groups is 1. The Morgan fingerprint density at radius 2 is 1.79 bits per heavy atom. The molecule has 2 aromatic carbocycles. The first-order valence-corrected chi connectivity index (χ1v) is 9.96. The third-order valence-electron chi connectivity index (χ3n) is 4.90. The second kappa shape index (κ2) is 9.76. The molecule has 0 saturated heterocycles. The van der Waals surface area contributed by atoms with E-state index in [1.54, 1.807) is 18.2 Å². The molecule has 0 bridgehead atoms. The molecule has 0 atom stereocenters. The zero-order chi connectivity index (χ0) is 24.2. The van der Waals surface area contributed by atoms with Crippen LogP contribution in [0.2, 0.25) is 0 Å². The number of benzene rings is 2. The minimum atomic E-state index is -4.27. The molecule has 3 aromatic rings. The summed E-state index contributed by atoms with van der Waals surface area (Å²) in [5.74, 6) is 4.46. The van der Waals surface area contributed by atoms with E-state index >= 15 is 0 Å². The first kappa shape index (κ1) is 23.8. The summed E-state index contributed by atoms with van der Waals surface area (Å²) in [6.45, 7) is 1.70. The molecular formula is C23H22F4N4O2. The quantitative estimate of drug-likeness (QED) is 0.120. The summed E-state index contributed by atoms with van der Waals surface area (Å²) >= 11 is 0. The molecule has 5 N–H and O–H groups in total. The highest BCUT2D eigenvalue weighted by molar-refractivity contribution is 6.03. The fourth-order valence-corrected chi connectivity index (χ4v) is 3.25. The van der Waals surface area contributed by atoms with Crippen LogP contribution in [0.15, 0.2) is 58.4 Å². The zero-order valence-corrected chi connectivity index (χ0v) is 17.7. The highest BCUT2D eigenvalue weighted by atomic mass is 19.4. The number of H-pyrrole nitrogens is 1. The predicted octanol–water partition coefficient (Wildman–Crippen LogP) is 4.46. The van der Waals surface area contributed by atoms with Crippen molar-refractivity contribution in [3.05, 3.63) is 75.8 Å². The second-order valence-corrected chi connectivity index (χ2v) is 7.39. The SMILES string of the molecule is Cc1ccc(-c2cc(-c3ccc(OCCCC(F)(F)F)cc3F)[nH]c(=O)c2/C(N)=N/N)cc1. The summed E-state index contributed by atoms with van der Waals surface area (Å²) in [4.78, 5) is 15.4. The van der Waals surface area contributed by atoms with Crippen molar-refractivity contribution < 1.29 is 22.3 Å². The largest absolute Gasteiger partial charge is 0.493 e. The van der Waals surface area contributed by atoms with Gasteiger partial charge in [0.15, 0.2) is 5.84 Å². The highest BCUT2D eigenvalue weighted by Crippen LogP contribution is 2.30. The number of hydrogen-bond acceptors (Lipinski definition) is 4. The van der Waals surface area contributed by atoms with Gasteiger partial charge in [-0.2, -0.15) is 18.3 Å². The standard InChI is InChI=1S/C23H22F4N4O2/c1-13-3-5-14(6-4-13)17-12-19(30-22(32)20(17)21(28)31-29)16-8-7-15(11-18(16)24)33-10-2-9-23(25,26)27/h3-8,11-12H,2,9-10,29H2,1H3,(H2,28,31)(H,30,32). The van der Waals surface area contributed by atoms with Gasteiger partial charge in [0.2, 0.25) is 0 Å². The molecule has 0 radical (unpaired) electrons. The number of nitrogens with one attached hydrogen (secondary N) is 1. The number of alkyl halides is 3. The Bertz CT molecular complexity index is 1220. The smallest absolute Gasteiger partial charge is 0.389 e.